The van der Waals surface area contributed by atoms with Crippen LogP contribution in [0.15, 0.2) is 0 Å². The van der Waals surface area contributed by atoms with Crippen molar-refractivity contribution in [3.8, 4) is 0 Å². The van der Waals surface area contributed by atoms with Crippen LogP contribution in [-0.2, 0) is 39.4 Å². The quantitative estimate of drug-likeness (QED) is 0.0387. The van der Waals surface area contributed by atoms with Gasteiger partial charge in [0.15, 0.2) is 10.5 Å². The molecule has 0 aliphatic carbocycles. The van der Waals surface area contributed by atoms with Crippen LogP contribution >= 0.6 is 0 Å². The third-order valence-corrected chi connectivity index (χ3v) is 12.9. The van der Waals surface area contributed by atoms with Crippen LogP contribution < -0.4 is 80.0 Å². The van der Waals surface area contributed by atoms with E-state index >= 15 is 0 Å². The van der Waals surface area contributed by atoms with Crippen LogP contribution in [0.2, 0.25) is 0 Å². The number of carboxylic acids is 2. The Morgan fingerprint density at radius 3 is 0.726 bits per heavy atom. The van der Waals surface area contributed by atoms with E-state index in [1.807, 2.05) is 0 Å². The predicted octanol–water partition coefficient (Wildman–Crippen LogP) is 1.53. The molecule has 2 amide bonds. The molecule has 0 rings (SSSR count). The van der Waals surface area contributed by atoms with Crippen molar-refractivity contribution in [2.75, 3.05) is 13.1 Å². The van der Waals surface area contributed by atoms with E-state index in [0.29, 0.717) is 12.8 Å². The van der Waals surface area contributed by atoms with Crippen molar-refractivity contribution in [3.05, 3.63) is 0 Å². The SMILES string of the molecule is CCCCCCCCCCCCCCCCCCNC(=O)C(CC(=O)[O-])S(=O)(=O)O.CCCCCCCCCCCCCCCCCCNC(=O)C(CC(=O)[O-])S(=O)(=O)O.[Na+].[Na+]. The van der Waals surface area contributed by atoms with Crippen molar-refractivity contribution >= 4 is 44.0 Å². The molecule has 4 N–H and O–H groups in total. The molecule has 0 aliphatic rings. The summed E-state index contributed by atoms with van der Waals surface area (Å²) in [5.41, 5.74) is 0. The van der Waals surface area contributed by atoms with E-state index in [9.17, 15) is 46.2 Å². The van der Waals surface area contributed by atoms with Crippen molar-refractivity contribution < 1.29 is 114 Å². The van der Waals surface area contributed by atoms with E-state index in [0.717, 1.165) is 38.5 Å². The maximum absolute atomic E-state index is 11.7. The van der Waals surface area contributed by atoms with Crippen LogP contribution in [0.5, 0.6) is 0 Å². The second-order valence-electron chi connectivity index (χ2n) is 16.3. The van der Waals surface area contributed by atoms with Gasteiger partial charge in [-0.25, -0.2) is 0 Å². The van der Waals surface area contributed by atoms with Crippen molar-refractivity contribution in [3.63, 3.8) is 0 Å². The van der Waals surface area contributed by atoms with Crippen LogP contribution in [-0.4, -0.2) is 73.3 Å². The van der Waals surface area contributed by atoms with Gasteiger partial charge in [-0.15, -0.1) is 0 Å². The number of rotatable bonds is 42. The van der Waals surface area contributed by atoms with E-state index in [1.165, 1.54) is 154 Å². The zero-order valence-electron chi connectivity index (χ0n) is 39.4. The Hall–Kier alpha value is -0.300. The van der Waals surface area contributed by atoms with Crippen LogP contribution in [0.25, 0.3) is 0 Å². The Morgan fingerprint density at radius 2 is 0.565 bits per heavy atom. The van der Waals surface area contributed by atoms with Crippen molar-refractivity contribution in [2.45, 2.75) is 243 Å². The van der Waals surface area contributed by atoms with Gasteiger partial charge in [0, 0.05) is 37.9 Å². The average molecular weight is 943 g/mol. The molecule has 0 heterocycles. The number of carbonyl (C=O) groups is 4. The van der Waals surface area contributed by atoms with Gasteiger partial charge in [0.05, 0.1) is 0 Å². The minimum absolute atomic E-state index is 0. The molecule has 0 aromatic rings. The van der Waals surface area contributed by atoms with Gasteiger partial charge >= 0.3 is 59.1 Å². The molecule has 18 heteroatoms. The van der Waals surface area contributed by atoms with Gasteiger partial charge in [0.25, 0.3) is 20.2 Å². The molecule has 62 heavy (non-hydrogen) atoms. The van der Waals surface area contributed by atoms with Gasteiger partial charge in [0.1, 0.15) is 0 Å². The number of aliphatic carboxylic acids is 2. The molecule has 0 radical (unpaired) electrons. The minimum Gasteiger partial charge on any atom is -0.550 e. The number of carboxylic acid groups (broad SMARTS) is 2. The Balaban J connectivity index is -0.000000526. The van der Waals surface area contributed by atoms with Crippen molar-refractivity contribution in [1.29, 1.82) is 0 Å². The summed E-state index contributed by atoms with van der Waals surface area (Å²) in [5.74, 6) is -5.39. The van der Waals surface area contributed by atoms with E-state index < -0.39 is 67.3 Å². The Morgan fingerprint density at radius 1 is 0.387 bits per heavy atom. The van der Waals surface area contributed by atoms with Crippen LogP contribution in [0.1, 0.15) is 232 Å². The molecule has 356 valence electrons. The molecule has 0 bridgehead atoms. The second-order valence-corrected chi connectivity index (χ2v) is 19.5. The molecule has 2 unspecified atom stereocenters. The summed E-state index contributed by atoms with van der Waals surface area (Å²) in [6.45, 7) is 5.01. The molecule has 0 aliphatic heterocycles. The largest absolute Gasteiger partial charge is 1.00 e. The fraction of sp³-hybridized carbons (Fsp3) is 0.909. The Labute approximate surface area is 421 Å². The first-order valence-electron chi connectivity index (χ1n) is 23.5. The third-order valence-electron chi connectivity index (χ3n) is 10.7. The molecule has 0 aromatic carbocycles. The van der Waals surface area contributed by atoms with Gasteiger partial charge in [-0.2, -0.15) is 16.8 Å². The molecule has 0 saturated carbocycles. The molecular weight excluding hydrogens is 859 g/mol. The van der Waals surface area contributed by atoms with Crippen LogP contribution in [0.3, 0.4) is 0 Å². The maximum Gasteiger partial charge on any atom is 1.00 e. The first-order chi connectivity index (χ1) is 28.6. The number of hydrogen-bond acceptors (Lipinski definition) is 10. The van der Waals surface area contributed by atoms with E-state index in [4.69, 9.17) is 9.11 Å². The van der Waals surface area contributed by atoms with E-state index in [2.05, 4.69) is 24.5 Å². The van der Waals surface area contributed by atoms with Crippen molar-refractivity contribution in [1.82, 2.24) is 10.6 Å². The molecular formula is C44H84N2Na2O12S2. The van der Waals surface area contributed by atoms with E-state index in [-0.39, 0.29) is 72.2 Å². The fourth-order valence-electron chi connectivity index (χ4n) is 6.97. The monoisotopic (exact) mass is 943 g/mol. The first-order valence-corrected chi connectivity index (χ1v) is 26.5. The molecule has 2 atom stereocenters. The third kappa shape index (κ3) is 47.7. The molecule has 0 spiro atoms. The molecule has 0 saturated heterocycles. The Kier molecular flexibility index (Phi) is 52.0. The maximum atomic E-state index is 11.7. The smallest absolute Gasteiger partial charge is 0.550 e. The van der Waals surface area contributed by atoms with Crippen LogP contribution in [0.4, 0.5) is 0 Å². The number of unbranched alkanes of at least 4 members (excludes halogenated alkanes) is 30. The van der Waals surface area contributed by atoms with Crippen LogP contribution in [0, 0.1) is 0 Å². The normalized spacial score (nSPS) is 12.2. The summed E-state index contributed by atoms with van der Waals surface area (Å²) in [6.07, 6.45) is 37.5. The summed E-state index contributed by atoms with van der Waals surface area (Å²) in [5, 5.41) is 21.8. The fourth-order valence-corrected chi connectivity index (χ4v) is 8.37. The number of hydrogen-bond donors (Lipinski definition) is 4. The van der Waals surface area contributed by atoms with Gasteiger partial charge in [-0.1, -0.05) is 206 Å². The molecule has 0 aromatic heterocycles. The Bertz CT molecular complexity index is 1210. The number of carbonyl (C=O) groups excluding carboxylic acids is 4. The summed E-state index contributed by atoms with van der Waals surface area (Å²) in [4.78, 5) is 44.5. The predicted molar refractivity (Wildman–Crippen MR) is 235 cm³/mol. The number of nitrogens with one attached hydrogen (secondary N) is 2. The topological polar surface area (TPSA) is 247 Å². The van der Waals surface area contributed by atoms with Gasteiger partial charge in [-0.3, -0.25) is 18.7 Å². The molecule has 0 fully saturated rings. The van der Waals surface area contributed by atoms with E-state index in [1.54, 1.807) is 0 Å². The second kappa shape index (κ2) is 47.2. The first kappa shape index (κ1) is 68.3. The number of amides is 2. The van der Waals surface area contributed by atoms with Gasteiger partial charge in [-0.05, 0) is 12.8 Å². The van der Waals surface area contributed by atoms with Gasteiger partial charge in [0.2, 0.25) is 11.8 Å². The zero-order chi connectivity index (χ0) is 45.3. The summed E-state index contributed by atoms with van der Waals surface area (Å²) >= 11 is 0. The summed E-state index contributed by atoms with van der Waals surface area (Å²) in [7, 11) is -9.53. The van der Waals surface area contributed by atoms with Gasteiger partial charge < -0.3 is 30.4 Å². The molecule has 14 nitrogen and oxygen atoms in total. The zero-order valence-corrected chi connectivity index (χ0v) is 45.0. The standard InChI is InChI=1S/2C22H43NO6S.2Na/c2*1-2-3-4-5-6-7-8-9-10-11-12-13-14-15-16-17-18-23-22(26)20(19-21(24)25)30(27,28)29;;/h2*20H,2-19H2,1H3,(H,23,26)(H,24,25)(H,27,28,29);;/q;;2*+1/p-2. The minimum atomic E-state index is -4.77. The summed E-state index contributed by atoms with van der Waals surface area (Å²) < 4.78 is 62.3. The average Bonchev–Trinajstić information content (AvgIpc) is 3.17. The van der Waals surface area contributed by atoms with Crippen molar-refractivity contribution in [2.24, 2.45) is 0 Å². The summed E-state index contributed by atoms with van der Waals surface area (Å²) in [6, 6.07) is 0.